The van der Waals surface area contributed by atoms with Crippen molar-refractivity contribution in [2.75, 3.05) is 11.5 Å². The number of hydrogen-bond acceptors (Lipinski definition) is 3. The molecule has 106 valence electrons. The number of carbonyl (C=O) groups is 1. The highest BCUT2D eigenvalue weighted by molar-refractivity contribution is 7.99. The molecule has 0 saturated carbocycles. The van der Waals surface area contributed by atoms with Gasteiger partial charge in [-0.1, -0.05) is 12.1 Å². The molecule has 0 aliphatic carbocycles. The van der Waals surface area contributed by atoms with Crippen LogP contribution in [0.3, 0.4) is 0 Å². The van der Waals surface area contributed by atoms with Gasteiger partial charge in [0.1, 0.15) is 11.6 Å². The fourth-order valence-corrected chi connectivity index (χ4v) is 4.08. The molecule has 0 amide bonds. The number of fused-ring (bicyclic) bond motifs is 1. The zero-order chi connectivity index (χ0) is 13.9. The number of imidazole rings is 1. The van der Waals surface area contributed by atoms with Gasteiger partial charge in [-0.25, -0.2) is 4.98 Å². The van der Waals surface area contributed by atoms with Gasteiger partial charge in [0.25, 0.3) is 0 Å². The second-order valence-corrected chi connectivity index (χ2v) is 6.78. The summed E-state index contributed by atoms with van der Waals surface area (Å²) in [6.07, 6.45) is 3.58. The number of rotatable bonds is 4. The summed E-state index contributed by atoms with van der Waals surface area (Å²) in [6, 6.07) is 8.05. The van der Waals surface area contributed by atoms with Crippen LogP contribution < -0.4 is 0 Å². The lowest BCUT2D eigenvalue weighted by Crippen LogP contribution is -2.16. The quantitative estimate of drug-likeness (QED) is 0.866. The van der Waals surface area contributed by atoms with Crippen LogP contribution in [0.1, 0.15) is 25.1 Å². The summed E-state index contributed by atoms with van der Waals surface area (Å²) in [5.41, 5.74) is 2.08. The fraction of sp³-hybridized carbons (Fsp3) is 0.500. The molecule has 1 saturated heterocycles. The Morgan fingerprint density at radius 2 is 2.10 bits per heavy atom. The number of aromatic nitrogens is 2. The summed E-state index contributed by atoms with van der Waals surface area (Å²) in [5.74, 6) is 4.24. The molecule has 1 aromatic heterocycles. The van der Waals surface area contributed by atoms with Crippen molar-refractivity contribution in [3.8, 4) is 0 Å². The smallest absolute Gasteiger partial charge is 0.140 e. The van der Waals surface area contributed by atoms with E-state index in [1.54, 1.807) is 0 Å². The predicted molar refractivity (Wildman–Crippen MR) is 84.1 cm³/mol. The Kier molecular flexibility index (Phi) is 4.10. The summed E-state index contributed by atoms with van der Waals surface area (Å²) < 4.78 is 2.05. The highest BCUT2D eigenvalue weighted by Gasteiger charge is 2.19. The van der Waals surface area contributed by atoms with Gasteiger partial charge in [0.2, 0.25) is 0 Å². The number of thioether (sulfide) groups is 1. The lowest BCUT2D eigenvalue weighted by molar-refractivity contribution is -0.119. The minimum Gasteiger partial charge on any atom is -0.331 e. The topological polar surface area (TPSA) is 34.9 Å². The molecule has 20 heavy (non-hydrogen) atoms. The largest absolute Gasteiger partial charge is 0.331 e. The van der Waals surface area contributed by atoms with Crippen LogP contribution in [0, 0.1) is 5.92 Å². The van der Waals surface area contributed by atoms with Gasteiger partial charge < -0.3 is 4.57 Å². The normalized spacial score (nSPS) is 16.6. The minimum atomic E-state index is 0.334. The number of benzene rings is 1. The predicted octanol–water partition coefficient (Wildman–Crippen LogP) is 3.22. The Bertz CT molecular complexity index is 614. The molecule has 0 bridgehead atoms. The lowest BCUT2D eigenvalue weighted by Gasteiger charge is -2.20. The molecule has 1 aliphatic heterocycles. The number of Topliss-reactive ketones (excluding diaryl/α,β-unsaturated/α-hetero) is 1. The van der Waals surface area contributed by atoms with E-state index in [0.717, 1.165) is 23.3 Å². The summed E-state index contributed by atoms with van der Waals surface area (Å²) >= 11 is 2.01. The third-order valence-corrected chi connectivity index (χ3v) is 5.14. The highest BCUT2D eigenvalue weighted by atomic mass is 32.2. The molecule has 0 unspecified atom stereocenters. The van der Waals surface area contributed by atoms with Gasteiger partial charge in [-0.2, -0.15) is 11.8 Å². The molecule has 0 atom stereocenters. The molecule has 3 rings (SSSR count). The van der Waals surface area contributed by atoms with Crippen LogP contribution in [-0.2, 0) is 18.3 Å². The van der Waals surface area contributed by atoms with Crippen LogP contribution >= 0.6 is 11.8 Å². The fourth-order valence-electron chi connectivity index (χ4n) is 2.87. The van der Waals surface area contributed by atoms with E-state index in [9.17, 15) is 4.79 Å². The molecule has 1 aromatic carbocycles. The van der Waals surface area contributed by atoms with Gasteiger partial charge in [0, 0.05) is 13.5 Å². The van der Waals surface area contributed by atoms with Crippen molar-refractivity contribution < 1.29 is 4.79 Å². The molecule has 1 aliphatic rings. The molecule has 4 heteroatoms. The van der Waals surface area contributed by atoms with Gasteiger partial charge in [-0.15, -0.1) is 0 Å². The van der Waals surface area contributed by atoms with Crippen molar-refractivity contribution in [3.05, 3.63) is 30.1 Å². The monoisotopic (exact) mass is 288 g/mol. The van der Waals surface area contributed by atoms with Gasteiger partial charge in [0.15, 0.2) is 0 Å². The van der Waals surface area contributed by atoms with Crippen molar-refractivity contribution in [1.82, 2.24) is 9.55 Å². The van der Waals surface area contributed by atoms with E-state index < -0.39 is 0 Å². The molecule has 3 nitrogen and oxygen atoms in total. The van der Waals surface area contributed by atoms with Crippen molar-refractivity contribution >= 4 is 28.6 Å². The molecule has 0 spiro atoms. The van der Waals surface area contributed by atoms with E-state index in [1.807, 2.05) is 41.6 Å². The summed E-state index contributed by atoms with van der Waals surface area (Å²) in [6.45, 7) is 0. The maximum absolute atomic E-state index is 12.2. The van der Waals surface area contributed by atoms with Crippen molar-refractivity contribution in [2.45, 2.75) is 25.7 Å². The van der Waals surface area contributed by atoms with Gasteiger partial charge in [-0.3, -0.25) is 4.79 Å². The Balaban J connectivity index is 1.69. The Morgan fingerprint density at radius 3 is 2.85 bits per heavy atom. The van der Waals surface area contributed by atoms with Crippen LogP contribution in [0.15, 0.2) is 24.3 Å². The van der Waals surface area contributed by atoms with Crippen molar-refractivity contribution in [2.24, 2.45) is 13.0 Å². The van der Waals surface area contributed by atoms with E-state index in [0.29, 0.717) is 18.1 Å². The number of nitrogens with zero attached hydrogens (tertiary/aromatic N) is 2. The van der Waals surface area contributed by atoms with Crippen LogP contribution in [0.4, 0.5) is 0 Å². The average molecular weight is 288 g/mol. The first-order chi connectivity index (χ1) is 9.74. The van der Waals surface area contributed by atoms with E-state index in [2.05, 4.69) is 11.1 Å². The SMILES string of the molecule is Cn1c(CC(=O)CC2CCSCC2)nc2ccccc21. The van der Waals surface area contributed by atoms with Crippen LogP contribution in [0.2, 0.25) is 0 Å². The number of para-hydroxylation sites is 2. The number of aryl methyl sites for hydroxylation is 1. The molecule has 0 N–H and O–H groups in total. The maximum atomic E-state index is 12.2. The number of hydrogen-bond donors (Lipinski definition) is 0. The molecule has 0 radical (unpaired) electrons. The third-order valence-electron chi connectivity index (χ3n) is 4.09. The molecular formula is C16H20N2OS. The molecule has 1 fully saturated rings. The first-order valence-electron chi connectivity index (χ1n) is 7.24. The lowest BCUT2D eigenvalue weighted by atomic mass is 9.95. The molecule has 2 aromatic rings. The van der Waals surface area contributed by atoms with E-state index in [4.69, 9.17) is 0 Å². The summed E-state index contributed by atoms with van der Waals surface area (Å²) in [4.78, 5) is 16.8. The van der Waals surface area contributed by atoms with E-state index in [1.165, 1.54) is 24.3 Å². The van der Waals surface area contributed by atoms with Crippen molar-refractivity contribution in [1.29, 1.82) is 0 Å². The molecule has 2 heterocycles. The van der Waals surface area contributed by atoms with Gasteiger partial charge >= 0.3 is 0 Å². The Hall–Kier alpha value is -1.29. The number of ketones is 1. The highest BCUT2D eigenvalue weighted by Crippen LogP contribution is 2.26. The Labute approximate surface area is 123 Å². The van der Waals surface area contributed by atoms with Crippen LogP contribution in [0.25, 0.3) is 11.0 Å². The van der Waals surface area contributed by atoms with Crippen LogP contribution in [-0.4, -0.2) is 26.8 Å². The van der Waals surface area contributed by atoms with Gasteiger partial charge in [-0.05, 0) is 42.4 Å². The zero-order valence-electron chi connectivity index (χ0n) is 11.8. The summed E-state index contributed by atoms with van der Waals surface area (Å²) in [7, 11) is 2.00. The third kappa shape index (κ3) is 2.90. The van der Waals surface area contributed by atoms with Crippen LogP contribution in [0.5, 0.6) is 0 Å². The first kappa shape index (κ1) is 13.7. The van der Waals surface area contributed by atoms with E-state index >= 15 is 0 Å². The second kappa shape index (κ2) is 6.00. The Morgan fingerprint density at radius 1 is 1.35 bits per heavy atom. The van der Waals surface area contributed by atoms with Gasteiger partial charge in [0.05, 0.1) is 17.5 Å². The zero-order valence-corrected chi connectivity index (χ0v) is 12.7. The summed E-state index contributed by atoms with van der Waals surface area (Å²) in [5, 5.41) is 0. The second-order valence-electron chi connectivity index (χ2n) is 5.55. The van der Waals surface area contributed by atoms with Crippen molar-refractivity contribution in [3.63, 3.8) is 0 Å². The minimum absolute atomic E-state index is 0.334. The molecular weight excluding hydrogens is 268 g/mol. The maximum Gasteiger partial charge on any atom is 0.140 e. The number of carbonyl (C=O) groups excluding carboxylic acids is 1. The first-order valence-corrected chi connectivity index (χ1v) is 8.39. The standard InChI is InChI=1S/C16H20N2OS/c1-18-15-5-3-2-4-14(15)17-16(18)11-13(19)10-12-6-8-20-9-7-12/h2-5,12H,6-11H2,1H3. The van der Waals surface area contributed by atoms with E-state index in [-0.39, 0.29) is 0 Å². The average Bonchev–Trinajstić information content (AvgIpc) is 2.77.